The van der Waals surface area contributed by atoms with Crippen molar-refractivity contribution in [2.45, 2.75) is 39.2 Å². The third kappa shape index (κ3) is 4.34. The molecule has 1 rings (SSSR count). The fourth-order valence-corrected chi connectivity index (χ4v) is 1.97. The molecular formula is C12H22N2O3. The zero-order valence-electron chi connectivity index (χ0n) is 10.6. The third-order valence-electron chi connectivity index (χ3n) is 3.25. The minimum Gasteiger partial charge on any atom is -0.393 e. The Balaban J connectivity index is 2.23. The van der Waals surface area contributed by atoms with Crippen molar-refractivity contribution in [2.24, 2.45) is 5.92 Å². The number of nitrogens with one attached hydrogen (secondary N) is 1. The molecule has 5 heteroatoms. The summed E-state index contributed by atoms with van der Waals surface area (Å²) < 4.78 is 0. The molecule has 98 valence electrons. The van der Waals surface area contributed by atoms with Crippen LogP contribution in [0.2, 0.25) is 0 Å². The second-order valence-corrected chi connectivity index (χ2v) is 4.59. The summed E-state index contributed by atoms with van der Waals surface area (Å²) in [6, 6.07) is 0. The van der Waals surface area contributed by atoms with Crippen LogP contribution in [-0.2, 0) is 9.59 Å². The molecule has 1 aliphatic rings. The van der Waals surface area contributed by atoms with Gasteiger partial charge in [0.15, 0.2) is 0 Å². The van der Waals surface area contributed by atoms with E-state index in [1.807, 2.05) is 6.92 Å². The first-order chi connectivity index (χ1) is 8.04. The van der Waals surface area contributed by atoms with E-state index in [1.165, 1.54) is 6.92 Å². The number of rotatable bonds is 5. The van der Waals surface area contributed by atoms with Crippen molar-refractivity contribution >= 4 is 11.8 Å². The van der Waals surface area contributed by atoms with Crippen LogP contribution in [0.25, 0.3) is 0 Å². The highest BCUT2D eigenvalue weighted by molar-refractivity contribution is 5.81. The van der Waals surface area contributed by atoms with Crippen LogP contribution in [0.4, 0.5) is 0 Å². The molecule has 0 saturated carbocycles. The fraction of sp³-hybridized carbons (Fsp3) is 0.833. The monoisotopic (exact) mass is 242 g/mol. The SMILES string of the molecule is CCC(O)CCNC(=O)C1CCN(C(C)=O)C1. The van der Waals surface area contributed by atoms with Crippen molar-refractivity contribution in [3.63, 3.8) is 0 Å². The van der Waals surface area contributed by atoms with Crippen LogP contribution < -0.4 is 5.32 Å². The summed E-state index contributed by atoms with van der Waals surface area (Å²) >= 11 is 0. The first-order valence-electron chi connectivity index (χ1n) is 6.25. The zero-order valence-corrected chi connectivity index (χ0v) is 10.6. The van der Waals surface area contributed by atoms with E-state index in [4.69, 9.17) is 0 Å². The standard InChI is InChI=1S/C12H22N2O3/c1-3-11(16)4-6-13-12(17)10-5-7-14(8-10)9(2)15/h10-11,16H,3-8H2,1-2H3,(H,13,17). The fourth-order valence-electron chi connectivity index (χ4n) is 1.97. The van der Waals surface area contributed by atoms with E-state index in [1.54, 1.807) is 4.90 Å². The number of carbonyl (C=O) groups is 2. The van der Waals surface area contributed by atoms with E-state index < -0.39 is 0 Å². The Bertz CT molecular complexity index is 281. The van der Waals surface area contributed by atoms with E-state index in [9.17, 15) is 14.7 Å². The maximum absolute atomic E-state index is 11.8. The summed E-state index contributed by atoms with van der Waals surface area (Å²) in [6.07, 6.45) is 1.69. The lowest BCUT2D eigenvalue weighted by Crippen LogP contribution is -2.35. The summed E-state index contributed by atoms with van der Waals surface area (Å²) in [6.45, 7) is 5.14. The quantitative estimate of drug-likeness (QED) is 0.720. The van der Waals surface area contributed by atoms with Gasteiger partial charge in [-0.25, -0.2) is 0 Å². The number of carbonyl (C=O) groups excluding carboxylic acids is 2. The van der Waals surface area contributed by atoms with Crippen molar-refractivity contribution < 1.29 is 14.7 Å². The lowest BCUT2D eigenvalue weighted by molar-refractivity contribution is -0.128. The largest absolute Gasteiger partial charge is 0.393 e. The minimum atomic E-state index is -0.340. The maximum Gasteiger partial charge on any atom is 0.224 e. The second-order valence-electron chi connectivity index (χ2n) is 4.59. The van der Waals surface area contributed by atoms with Crippen LogP contribution in [0.3, 0.4) is 0 Å². The highest BCUT2D eigenvalue weighted by atomic mass is 16.3. The smallest absolute Gasteiger partial charge is 0.224 e. The van der Waals surface area contributed by atoms with Gasteiger partial charge in [-0.05, 0) is 19.3 Å². The molecule has 2 atom stereocenters. The van der Waals surface area contributed by atoms with Gasteiger partial charge in [-0.15, -0.1) is 0 Å². The Morgan fingerprint density at radius 3 is 2.76 bits per heavy atom. The van der Waals surface area contributed by atoms with E-state index in [0.717, 1.165) is 6.42 Å². The second kappa shape index (κ2) is 6.59. The van der Waals surface area contributed by atoms with Crippen LogP contribution in [0.15, 0.2) is 0 Å². The van der Waals surface area contributed by atoms with Gasteiger partial charge in [0.1, 0.15) is 0 Å². The average Bonchev–Trinajstić information content (AvgIpc) is 2.78. The number of aliphatic hydroxyl groups is 1. The van der Waals surface area contributed by atoms with E-state index in [0.29, 0.717) is 32.5 Å². The number of likely N-dealkylation sites (tertiary alicyclic amines) is 1. The molecule has 0 aromatic rings. The molecule has 0 aliphatic carbocycles. The van der Waals surface area contributed by atoms with E-state index in [-0.39, 0.29) is 23.8 Å². The van der Waals surface area contributed by atoms with Crippen LogP contribution in [0, 0.1) is 5.92 Å². The molecule has 0 aromatic heterocycles. The molecule has 0 spiro atoms. The summed E-state index contributed by atoms with van der Waals surface area (Å²) in [7, 11) is 0. The molecule has 0 radical (unpaired) electrons. The summed E-state index contributed by atoms with van der Waals surface area (Å²) in [5, 5.41) is 12.2. The lowest BCUT2D eigenvalue weighted by Gasteiger charge is -2.14. The summed E-state index contributed by atoms with van der Waals surface area (Å²) in [5.74, 6) is -0.0589. The number of nitrogens with zero attached hydrogens (tertiary/aromatic N) is 1. The molecular weight excluding hydrogens is 220 g/mol. The molecule has 5 nitrogen and oxygen atoms in total. The van der Waals surface area contributed by atoms with Crippen molar-refractivity contribution in [3.8, 4) is 0 Å². The van der Waals surface area contributed by atoms with Crippen molar-refractivity contribution in [1.82, 2.24) is 10.2 Å². The van der Waals surface area contributed by atoms with Crippen molar-refractivity contribution in [1.29, 1.82) is 0 Å². The number of hydrogen-bond donors (Lipinski definition) is 2. The molecule has 2 amide bonds. The van der Waals surface area contributed by atoms with Crippen LogP contribution in [-0.4, -0.2) is 47.6 Å². The van der Waals surface area contributed by atoms with Gasteiger partial charge in [-0.2, -0.15) is 0 Å². The first kappa shape index (κ1) is 14.0. The average molecular weight is 242 g/mol. The van der Waals surface area contributed by atoms with Gasteiger partial charge in [0.2, 0.25) is 11.8 Å². The molecule has 1 aliphatic heterocycles. The number of amides is 2. The molecule has 17 heavy (non-hydrogen) atoms. The molecule has 2 N–H and O–H groups in total. The van der Waals surface area contributed by atoms with Crippen LogP contribution >= 0.6 is 0 Å². The molecule has 1 saturated heterocycles. The maximum atomic E-state index is 11.8. The first-order valence-corrected chi connectivity index (χ1v) is 6.25. The van der Waals surface area contributed by atoms with Gasteiger partial charge >= 0.3 is 0 Å². The Morgan fingerprint density at radius 2 is 2.24 bits per heavy atom. The third-order valence-corrected chi connectivity index (χ3v) is 3.25. The molecule has 2 unspecified atom stereocenters. The molecule has 1 heterocycles. The predicted octanol–water partition coefficient (Wildman–Crippen LogP) is 0.132. The molecule has 0 aromatic carbocycles. The predicted molar refractivity (Wildman–Crippen MR) is 64.3 cm³/mol. The number of hydrogen-bond acceptors (Lipinski definition) is 3. The van der Waals surface area contributed by atoms with Gasteiger partial charge in [0.25, 0.3) is 0 Å². The van der Waals surface area contributed by atoms with Gasteiger partial charge in [0, 0.05) is 26.6 Å². The van der Waals surface area contributed by atoms with Gasteiger partial charge in [-0.3, -0.25) is 9.59 Å². The summed E-state index contributed by atoms with van der Waals surface area (Å²) in [4.78, 5) is 24.6. The summed E-state index contributed by atoms with van der Waals surface area (Å²) in [5.41, 5.74) is 0. The molecule has 0 bridgehead atoms. The van der Waals surface area contributed by atoms with Gasteiger partial charge in [-0.1, -0.05) is 6.92 Å². The highest BCUT2D eigenvalue weighted by Gasteiger charge is 2.29. The lowest BCUT2D eigenvalue weighted by atomic mass is 10.1. The Hall–Kier alpha value is -1.10. The van der Waals surface area contributed by atoms with E-state index in [2.05, 4.69) is 5.32 Å². The number of aliphatic hydroxyl groups excluding tert-OH is 1. The normalized spacial score (nSPS) is 21.4. The Kier molecular flexibility index (Phi) is 5.41. The topological polar surface area (TPSA) is 69.6 Å². The van der Waals surface area contributed by atoms with Gasteiger partial charge in [0.05, 0.1) is 12.0 Å². The van der Waals surface area contributed by atoms with Crippen LogP contribution in [0.1, 0.15) is 33.1 Å². The molecule has 1 fully saturated rings. The van der Waals surface area contributed by atoms with Crippen molar-refractivity contribution in [3.05, 3.63) is 0 Å². The minimum absolute atomic E-state index is 0.00273. The van der Waals surface area contributed by atoms with Crippen LogP contribution in [0.5, 0.6) is 0 Å². The Morgan fingerprint density at radius 1 is 1.53 bits per heavy atom. The highest BCUT2D eigenvalue weighted by Crippen LogP contribution is 2.16. The van der Waals surface area contributed by atoms with E-state index >= 15 is 0 Å². The van der Waals surface area contributed by atoms with Crippen molar-refractivity contribution in [2.75, 3.05) is 19.6 Å². The Labute approximate surface area is 102 Å². The zero-order chi connectivity index (χ0) is 12.8. The van der Waals surface area contributed by atoms with Gasteiger partial charge < -0.3 is 15.3 Å².